The van der Waals surface area contributed by atoms with Crippen LogP contribution >= 0.6 is 11.3 Å². The number of benzene rings is 2. The Morgan fingerprint density at radius 1 is 1.10 bits per heavy atom. The van der Waals surface area contributed by atoms with E-state index in [1.165, 1.54) is 7.11 Å². The topological polar surface area (TPSA) is 117 Å². The highest BCUT2D eigenvalue weighted by molar-refractivity contribution is 7.92. The average molecular weight is 610 g/mol. The molecule has 1 amide bonds. The molecule has 42 heavy (non-hydrogen) atoms. The van der Waals surface area contributed by atoms with E-state index in [1.807, 2.05) is 67.6 Å². The van der Waals surface area contributed by atoms with E-state index in [4.69, 9.17) is 9.47 Å². The lowest BCUT2D eigenvalue weighted by atomic mass is 10.0. The van der Waals surface area contributed by atoms with E-state index in [0.29, 0.717) is 47.9 Å². The van der Waals surface area contributed by atoms with Crippen molar-refractivity contribution >= 4 is 33.7 Å². The van der Waals surface area contributed by atoms with Crippen molar-refractivity contribution in [2.75, 3.05) is 13.7 Å². The molecule has 11 heteroatoms. The van der Waals surface area contributed by atoms with Crippen molar-refractivity contribution in [2.45, 2.75) is 50.8 Å². The highest BCUT2D eigenvalue weighted by Gasteiger charge is 2.26. The first-order chi connectivity index (χ1) is 20.2. The van der Waals surface area contributed by atoms with Crippen LogP contribution in [0.5, 0.6) is 5.88 Å². The third-order valence-electron chi connectivity index (χ3n) is 6.47. The summed E-state index contributed by atoms with van der Waals surface area (Å²) in [7, 11) is -2.69. The number of ether oxygens (including phenoxy) is 2. The minimum absolute atomic E-state index is 0.0623. The molecule has 0 aliphatic heterocycles. The summed E-state index contributed by atoms with van der Waals surface area (Å²) in [5.41, 5.74) is 3.23. The molecule has 4 aromatic rings. The standard InChI is InChI=1S/C31H35N3O6S2/c1-5-6-16-40-31(36)33-42(37,38)30-26(18-25(41-30)17-21(2)3)23-14-12-22(13-15-23)19-34-27(20-35)29(39-4)32-28(34)24-10-8-7-9-11-24/h7-15,18,20-21H,5-6,16-17,19H2,1-4H3,(H,33,36). The van der Waals surface area contributed by atoms with Crippen LogP contribution in [0.15, 0.2) is 64.9 Å². The summed E-state index contributed by atoms with van der Waals surface area (Å²) in [6.45, 7) is 6.57. The first-order valence-electron chi connectivity index (χ1n) is 13.7. The summed E-state index contributed by atoms with van der Waals surface area (Å²) >= 11 is 1.15. The van der Waals surface area contributed by atoms with Gasteiger partial charge in [-0.15, -0.1) is 11.3 Å². The zero-order valence-electron chi connectivity index (χ0n) is 24.1. The minimum atomic E-state index is -4.17. The number of aldehydes is 1. The Morgan fingerprint density at radius 2 is 1.81 bits per heavy atom. The Labute approximate surface area is 250 Å². The van der Waals surface area contributed by atoms with Crippen LogP contribution in [-0.4, -0.2) is 44.1 Å². The summed E-state index contributed by atoms with van der Waals surface area (Å²) in [5, 5.41) is 0. The molecular formula is C31H35N3O6S2. The molecule has 0 saturated heterocycles. The van der Waals surface area contributed by atoms with Crippen molar-refractivity contribution in [2.24, 2.45) is 5.92 Å². The maximum atomic E-state index is 13.3. The highest BCUT2D eigenvalue weighted by Crippen LogP contribution is 2.37. The zero-order valence-corrected chi connectivity index (χ0v) is 25.8. The second-order valence-corrected chi connectivity index (χ2v) is 13.2. The quantitative estimate of drug-likeness (QED) is 0.135. The van der Waals surface area contributed by atoms with Gasteiger partial charge >= 0.3 is 6.09 Å². The maximum Gasteiger partial charge on any atom is 0.421 e. The van der Waals surface area contributed by atoms with Crippen LogP contribution in [0, 0.1) is 5.92 Å². The predicted octanol–water partition coefficient (Wildman–Crippen LogP) is 6.56. The smallest absolute Gasteiger partial charge is 0.421 e. The Balaban J connectivity index is 1.66. The lowest BCUT2D eigenvalue weighted by molar-refractivity contribution is 0.111. The normalized spacial score (nSPS) is 11.5. The number of nitrogens with zero attached hydrogens (tertiary/aromatic N) is 2. The van der Waals surface area contributed by atoms with E-state index in [9.17, 15) is 18.0 Å². The summed E-state index contributed by atoms with van der Waals surface area (Å²) in [6, 6.07) is 18.8. The number of carbonyl (C=O) groups is 2. The molecule has 0 fully saturated rings. The Kier molecular flexibility index (Phi) is 10.2. The van der Waals surface area contributed by atoms with Crippen molar-refractivity contribution in [1.82, 2.24) is 14.3 Å². The number of hydrogen-bond donors (Lipinski definition) is 1. The van der Waals surface area contributed by atoms with Crippen molar-refractivity contribution < 1.29 is 27.5 Å². The highest BCUT2D eigenvalue weighted by atomic mass is 32.2. The van der Waals surface area contributed by atoms with E-state index in [-0.39, 0.29) is 16.7 Å². The molecule has 0 spiro atoms. The third kappa shape index (κ3) is 7.27. The van der Waals surface area contributed by atoms with Crippen LogP contribution in [0.1, 0.15) is 54.5 Å². The van der Waals surface area contributed by atoms with Crippen molar-refractivity contribution in [3.8, 4) is 28.4 Å². The number of imidazole rings is 1. The van der Waals surface area contributed by atoms with Gasteiger partial charge in [-0.1, -0.05) is 81.8 Å². The van der Waals surface area contributed by atoms with Gasteiger partial charge in [-0.25, -0.2) is 17.9 Å². The van der Waals surface area contributed by atoms with E-state index < -0.39 is 16.1 Å². The number of hydrogen-bond acceptors (Lipinski definition) is 8. The summed E-state index contributed by atoms with van der Waals surface area (Å²) < 4.78 is 40.9. The molecule has 0 bridgehead atoms. The van der Waals surface area contributed by atoms with Crippen LogP contribution in [0.3, 0.4) is 0 Å². The van der Waals surface area contributed by atoms with Gasteiger partial charge in [-0.05, 0) is 36.0 Å². The molecule has 2 aromatic carbocycles. The van der Waals surface area contributed by atoms with Crippen LogP contribution in [0.4, 0.5) is 4.79 Å². The number of aromatic nitrogens is 2. The molecule has 1 N–H and O–H groups in total. The number of methoxy groups -OCH3 is 1. The fourth-order valence-electron chi connectivity index (χ4n) is 4.47. The molecular weight excluding hydrogens is 574 g/mol. The number of thiophene rings is 1. The van der Waals surface area contributed by atoms with Gasteiger partial charge in [0, 0.05) is 22.5 Å². The fourth-order valence-corrected chi connectivity index (χ4v) is 7.31. The lowest BCUT2D eigenvalue weighted by Gasteiger charge is -2.11. The van der Waals surface area contributed by atoms with Gasteiger partial charge in [0.2, 0.25) is 5.88 Å². The molecule has 0 saturated carbocycles. The van der Waals surface area contributed by atoms with E-state index >= 15 is 0 Å². The number of carbonyl (C=O) groups excluding carboxylic acids is 2. The summed E-state index contributed by atoms with van der Waals surface area (Å²) in [4.78, 5) is 29.7. The Hall–Kier alpha value is -3.96. The molecule has 2 aromatic heterocycles. The molecule has 0 atom stereocenters. The van der Waals surface area contributed by atoms with E-state index in [0.717, 1.165) is 40.0 Å². The second kappa shape index (κ2) is 13.8. The van der Waals surface area contributed by atoms with Crippen LogP contribution in [0.2, 0.25) is 0 Å². The largest absolute Gasteiger partial charge is 0.479 e. The first kappa shape index (κ1) is 31.0. The van der Waals surface area contributed by atoms with Crippen molar-refractivity contribution in [1.29, 1.82) is 0 Å². The van der Waals surface area contributed by atoms with Crippen molar-refractivity contribution in [3.05, 3.63) is 76.8 Å². The Morgan fingerprint density at radius 3 is 2.43 bits per heavy atom. The molecule has 0 radical (unpaired) electrons. The van der Waals surface area contributed by atoms with Crippen LogP contribution < -0.4 is 9.46 Å². The van der Waals surface area contributed by atoms with Gasteiger partial charge in [0.25, 0.3) is 10.0 Å². The van der Waals surface area contributed by atoms with Crippen LogP contribution in [-0.2, 0) is 27.7 Å². The van der Waals surface area contributed by atoms with Gasteiger partial charge < -0.3 is 14.0 Å². The summed E-state index contributed by atoms with van der Waals surface area (Å²) in [6.07, 6.45) is 1.91. The van der Waals surface area contributed by atoms with Gasteiger partial charge in [-0.3, -0.25) is 4.79 Å². The number of amides is 1. The fraction of sp³-hybridized carbons (Fsp3) is 0.323. The molecule has 0 aliphatic rings. The van der Waals surface area contributed by atoms with Crippen molar-refractivity contribution in [3.63, 3.8) is 0 Å². The molecule has 0 unspecified atom stereocenters. The van der Waals surface area contributed by atoms with Crippen LogP contribution in [0.25, 0.3) is 22.5 Å². The molecule has 222 valence electrons. The predicted molar refractivity (Wildman–Crippen MR) is 164 cm³/mol. The maximum absolute atomic E-state index is 13.3. The van der Waals surface area contributed by atoms with E-state index in [1.54, 1.807) is 4.57 Å². The summed E-state index contributed by atoms with van der Waals surface area (Å²) in [5.74, 6) is 1.16. The SMILES string of the molecule is CCCCOC(=O)NS(=O)(=O)c1sc(CC(C)C)cc1-c1ccc(Cn2c(-c3ccccc3)nc(OC)c2C=O)cc1. The van der Waals surface area contributed by atoms with E-state index in [2.05, 4.69) is 23.6 Å². The number of rotatable bonds is 13. The average Bonchev–Trinajstić information content (AvgIpc) is 3.55. The third-order valence-corrected chi connectivity index (χ3v) is 9.47. The van der Waals surface area contributed by atoms with Gasteiger partial charge in [-0.2, -0.15) is 4.98 Å². The molecule has 4 rings (SSSR count). The first-order valence-corrected chi connectivity index (χ1v) is 16.0. The number of nitrogens with one attached hydrogen (secondary N) is 1. The minimum Gasteiger partial charge on any atom is -0.479 e. The zero-order chi connectivity index (χ0) is 30.3. The molecule has 9 nitrogen and oxygen atoms in total. The Bertz CT molecular complexity index is 1630. The monoisotopic (exact) mass is 609 g/mol. The van der Waals surface area contributed by atoms with Gasteiger partial charge in [0.1, 0.15) is 15.7 Å². The lowest BCUT2D eigenvalue weighted by Crippen LogP contribution is -2.31. The van der Waals surface area contributed by atoms with Gasteiger partial charge in [0.15, 0.2) is 6.29 Å². The molecule has 2 heterocycles. The second-order valence-electron chi connectivity index (χ2n) is 10.2. The van der Waals surface area contributed by atoms with Gasteiger partial charge in [0.05, 0.1) is 13.7 Å². The molecule has 0 aliphatic carbocycles. The number of sulfonamides is 1. The number of unbranched alkanes of at least 4 members (excludes halogenated alkanes) is 1.